The molecule has 1 fully saturated rings. The van der Waals surface area contributed by atoms with Gasteiger partial charge in [-0.05, 0) is 12.8 Å². The summed E-state index contributed by atoms with van der Waals surface area (Å²) < 4.78 is 4.91. The first-order chi connectivity index (χ1) is 8.55. The zero-order valence-electron chi connectivity index (χ0n) is 10.2. The maximum atomic E-state index is 11.7. The van der Waals surface area contributed by atoms with Crippen molar-refractivity contribution in [3.63, 3.8) is 0 Å². The summed E-state index contributed by atoms with van der Waals surface area (Å²) in [5.41, 5.74) is -1.04. The van der Waals surface area contributed by atoms with E-state index < -0.39 is 17.5 Å². The Morgan fingerprint density at radius 1 is 1.61 bits per heavy atom. The average molecular weight is 251 g/mol. The molecular weight excluding hydrogens is 234 g/mol. The quantitative estimate of drug-likeness (QED) is 0.607. The molecule has 0 saturated carbocycles. The third-order valence-electron chi connectivity index (χ3n) is 3.05. The Balaban J connectivity index is 2.75. The van der Waals surface area contributed by atoms with Crippen molar-refractivity contribution < 1.29 is 19.4 Å². The number of carbonyl (C=O) groups excluding carboxylic acids is 1. The van der Waals surface area contributed by atoms with Gasteiger partial charge >= 0.3 is 12.1 Å². The van der Waals surface area contributed by atoms with Crippen LogP contribution < -0.4 is 0 Å². The highest BCUT2D eigenvalue weighted by Gasteiger charge is 2.43. The van der Waals surface area contributed by atoms with Crippen molar-refractivity contribution in [3.8, 4) is 12.3 Å². The zero-order chi connectivity index (χ0) is 13.6. The van der Waals surface area contributed by atoms with Crippen molar-refractivity contribution in [2.24, 2.45) is 5.41 Å². The van der Waals surface area contributed by atoms with Crippen molar-refractivity contribution >= 4 is 12.1 Å². The number of likely N-dealkylation sites (tertiary alicyclic amines) is 1. The summed E-state index contributed by atoms with van der Waals surface area (Å²) in [6.07, 6.45) is 7.38. The standard InChI is InChI=1S/C13H17NO4/c1-3-6-13(11(15)16)7-5-8-14(10-13)12(17)18-9-4-2/h1,4H,2,5-10H2,(H,15,16). The number of carboxylic acid groups (broad SMARTS) is 1. The first-order valence-corrected chi connectivity index (χ1v) is 5.75. The van der Waals surface area contributed by atoms with E-state index in [1.54, 1.807) is 0 Å². The van der Waals surface area contributed by atoms with Crippen LogP contribution in [0.4, 0.5) is 4.79 Å². The smallest absolute Gasteiger partial charge is 0.410 e. The molecule has 0 aromatic rings. The monoisotopic (exact) mass is 251 g/mol. The summed E-state index contributed by atoms with van der Waals surface area (Å²) in [5, 5.41) is 9.30. The van der Waals surface area contributed by atoms with Crippen LogP contribution in [-0.2, 0) is 9.53 Å². The minimum absolute atomic E-state index is 0.0997. The normalized spacial score (nSPS) is 22.9. The van der Waals surface area contributed by atoms with Crippen molar-refractivity contribution in [2.75, 3.05) is 19.7 Å². The van der Waals surface area contributed by atoms with Gasteiger partial charge in [-0.1, -0.05) is 12.7 Å². The van der Waals surface area contributed by atoms with E-state index in [0.717, 1.165) is 0 Å². The lowest BCUT2D eigenvalue weighted by Crippen LogP contribution is -2.50. The van der Waals surface area contributed by atoms with E-state index in [0.29, 0.717) is 19.4 Å². The summed E-state index contributed by atoms with van der Waals surface area (Å²) in [6, 6.07) is 0. The van der Waals surface area contributed by atoms with E-state index in [9.17, 15) is 14.7 Å². The number of amides is 1. The molecular formula is C13H17NO4. The average Bonchev–Trinajstić information content (AvgIpc) is 2.36. The van der Waals surface area contributed by atoms with Gasteiger partial charge in [0.15, 0.2) is 0 Å². The number of carbonyl (C=O) groups is 2. The minimum Gasteiger partial charge on any atom is -0.481 e. The van der Waals surface area contributed by atoms with Gasteiger partial charge in [0, 0.05) is 19.5 Å². The van der Waals surface area contributed by atoms with Crippen molar-refractivity contribution in [1.82, 2.24) is 4.90 Å². The fourth-order valence-corrected chi connectivity index (χ4v) is 2.10. The lowest BCUT2D eigenvalue weighted by molar-refractivity contribution is -0.151. The first kappa shape index (κ1) is 14.1. The Morgan fingerprint density at radius 2 is 2.33 bits per heavy atom. The number of ether oxygens (including phenoxy) is 1. The first-order valence-electron chi connectivity index (χ1n) is 5.75. The molecule has 1 rings (SSSR count). The molecule has 5 nitrogen and oxygen atoms in total. The van der Waals surface area contributed by atoms with E-state index in [2.05, 4.69) is 12.5 Å². The predicted octanol–water partition coefficient (Wildman–Crippen LogP) is 1.50. The number of piperidine rings is 1. The SMILES string of the molecule is C#CCC1(C(=O)O)CCCN(C(=O)OCC=C)C1. The number of hydrogen-bond acceptors (Lipinski definition) is 3. The fraction of sp³-hybridized carbons (Fsp3) is 0.538. The van der Waals surface area contributed by atoms with Crippen LogP contribution in [-0.4, -0.2) is 41.8 Å². The molecule has 0 aliphatic carbocycles. The van der Waals surface area contributed by atoms with Gasteiger partial charge in [0.1, 0.15) is 6.61 Å². The maximum absolute atomic E-state index is 11.7. The van der Waals surface area contributed by atoms with Crippen LogP contribution in [0.25, 0.3) is 0 Å². The van der Waals surface area contributed by atoms with Crippen molar-refractivity contribution in [3.05, 3.63) is 12.7 Å². The molecule has 1 aliphatic rings. The van der Waals surface area contributed by atoms with Gasteiger partial charge in [0.25, 0.3) is 0 Å². The topological polar surface area (TPSA) is 66.8 Å². The van der Waals surface area contributed by atoms with E-state index in [4.69, 9.17) is 11.2 Å². The second kappa shape index (κ2) is 6.10. The molecule has 1 aliphatic heterocycles. The molecule has 18 heavy (non-hydrogen) atoms. The van der Waals surface area contributed by atoms with E-state index >= 15 is 0 Å². The summed E-state index contributed by atoms with van der Waals surface area (Å²) in [7, 11) is 0. The Bertz CT molecular complexity index is 385. The molecule has 0 aromatic carbocycles. The number of hydrogen-bond donors (Lipinski definition) is 1. The highest BCUT2D eigenvalue weighted by Crippen LogP contribution is 2.33. The third-order valence-corrected chi connectivity index (χ3v) is 3.05. The van der Waals surface area contributed by atoms with Gasteiger partial charge in [0.05, 0.1) is 5.41 Å². The third kappa shape index (κ3) is 3.04. The van der Waals surface area contributed by atoms with Crippen LogP contribution in [0.2, 0.25) is 0 Å². The van der Waals surface area contributed by atoms with Gasteiger partial charge in [-0.3, -0.25) is 4.79 Å². The second-order valence-electron chi connectivity index (χ2n) is 4.36. The van der Waals surface area contributed by atoms with Crippen molar-refractivity contribution in [1.29, 1.82) is 0 Å². The molecule has 1 amide bonds. The van der Waals surface area contributed by atoms with Crippen LogP contribution >= 0.6 is 0 Å². The Labute approximate surface area is 106 Å². The molecule has 0 spiro atoms. The Hall–Kier alpha value is -1.96. The number of aliphatic carboxylic acids is 1. The number of rotatable bonds is 4. The number of nitrogens with zero attached hydrogens (tertiary/aromatic N) is 1. The summed E-state index contributed by atoms with van der Waals surface area (Å²) >= 11 is 0. The highest BCUT2D eigenvalue weighted by atomic mass is 16.6. The van der Waals surface area contributed by atoms with Crippen LogP contribution in [0.3, 0.4) is 0 Å². The molecule has 1 saturated heterocycles. The molecule has 0 aromatic heterocycles. The predicted molar refractivity (Wildman–Crippen MR) is 65.9 cm³/mol. The summed E-state index contributed by atoms with van der Waals surface area (Å²) in [6.45, 7) is 4.16. The summed E-state index contributed by atoms with van der Waals surface area (Å²) in [4.78, 5) is 24.4. The maximum Gasteiger partial charge on any atom is 0.410 e. The number of carboxylic acids is 1. The van der Waals surface area contributed by atoms with Gasteiger partial charge in [0.2, 0.25) is 0 Å². The van der Waals surface area contributed by atoms with Crippen LogP contribution in [0.15, 0.2) is 12.7 Å². The second-order valence-corrected chi connectivity index (χ2v) is 4.36. The molecule has 0 bridgehead atoms. The van der Waals surface area contributed by atoms with Crippen LogP contribution in [0.5, 0.6) is 0 Å². The van der Waals surface area contributed by atoms with Gasteiger partial charge in [-0.2, -0.15) is 0 Å². The van der Waals surface area contributed by atoms with E-state index in [1.807, 2.05) is 0 Å². The molecule has 0 radical (unpaired) electrons. The lowest BCUT2D eigenvalue weighted by atomic mass is 9.77. The molecule has 98 valence electrons. The van der Waals surface area contributed by atoms with Crippen LogP contribution in [0, 0.1) is 17.8 Å². The van der Waals surface area contributed by atoms with Gasteiger partial charge < -0.3 is 14.7 Å². The Kier molecular flexibility index (Phi) is 4.78. The molecule has 1 heterocycles. The summed E-state index contributed by atoms with van der Waals surface area (Å²) in [5.74, 6) is 1.43. The minimum atomic E-state index is -1.04. The van der Waals surface area contributed by atoms with E-state index in [-0.39, 0.29) is 19.6 Å². The largest absolute Gasteiger partial charge is 0.481 e. The molecule has 1 N–H and O–H groups in total. The molecule has 1 atom stereocenters. The fourth-order valence-electron chi connectivity index (χ4n) is 2.10. The van der Waals surface area contributed by atoms with E-state index in [1.165, 1.54) is 11.0 Å². The molecule has 5 heteroatoms. The van der Waals surface area contributed by atoms with Crippen LogP contribution in [0.1, 0.15) is 19.3 Å². The number of terminal acetylenes is 1. The lowest BCUT2D eigenvalue weighted by Gasteiger charge is -2.38. The van der Waals surface area contributed by atoms with Gasteiger partial charge in [-0.25, -0.2) is 4.79 Å². The zero-order valence-corrected chi connectivity index (χ0v) is 10.2. The van der Waals surface area contributed by atoms with Crippen molar-refractivity contribution in [2.45, 2.75) is 19.3 Å². The van der Waals surface area contributed by atoms with Gasteiger partial charge in [-0.15, -0.1) is 12.3 Å². The highest BCUT2D eigenvalue weighted by molar-refractivity contribution is 5.77. The Morgan fingerprint density at radius 3 is 2.89 bits per heavy atom. The molecule has 1 unspecified atom stereocenters.